The molecule has 1 atom stereocenters. The summed E-state index contributed by atoms with van der Waals surface area (Å²) in [6.07, 6.45) is 1.38. The highest BCUT2D eigenvalue weighted by molar-refractivity contribution is 5.81. The Bertz CT molecular complexity index is 996. The summed E-state index contributed by atoms with van der Waals surface area (Å²) in [6.45, 7) is 11.0. The maximum absolute atomic E-state index is 12.8. The molecule has 1 aromatic heterocycles. The third-order valence-corrected chi connectivity index (χ3v) is 5.91. The summed E-state index contributed by atoms with van der Waals surface area (Å²) in [7, 11) is 0. The fourth-order valence-electron chi connectivity index (χ4n) is 4.34. The Morgan fingerprint density at radius 1 is 1.26 bits per heavy atom. The first-order chi connectivity index (χ1) is 15.0. The number of carbonyl (C=O) groups is 1. The number of nitrogens with zero attached hydrogens (tertiary/aromatic N) is 3. The Morgan fingerprint density at radius 2 is 2.03 bits per heavy atom. The third kappa shape index (κ3) is 5.58. The number of nitrogens with one attached hydrogen (secondary N) is 2. The van der Waals surface area contributed by atoms with Crippen LogP contribution in [0.15, 0.2) is 41.2 Å². The minimum Gasteiger partial charge on any atom is -0.366 e. The van der Waals surface area contributed by atoms with Gasteiger partial charge in [-0.1, -0.05) is 24.3 Å². The molecular weight excluding hydrogens is 394 g/mol. The second-order valence-electron chi connectivity index (χ2n) is 8.64. The van der Waals surface area contributed by atoms with Gasteiger partial charge in [-0.2, -0.15) is 0 Å². The molecule has 2 aliphatic rings. The summed E-state index contributed by atoms with van der Waals surface area (Å²) >= 11 is 0. The molecule has 0 aliphatic carbocycles. The van der Waals surface area contributed by atoms with E-state index in [1.807, 2.05) is 25.1 Å². The SMILES string of the molecule is C=C(C)CN1CCC(NC(=O)C2CN(Cc3nc4ccccc4c(=O)[nH]3)CCO2)CC1. The molecule has 1 amide bonds. The van der Waals surface area contributed by atoms with Gasteiger partial charge in [0.1, 0.15) is 11.9 Å². The zero-order valence-corrected chi connectivity index (χ0v) is 18.1. The number of hydrogen-bond donors (Lipinski definition) is 2. The van der Waals surface area contributed by atoms with Crippen LogP contribution in [0.4, 0.5) is 0 Å². The molecule has 3 heterocycles. The van der Waals surface area contributed by atoms with Crippen molar-refractivity contribution < 1.29 is 9.53 Å². The summed E-state index contributed by atoms with van der Waals surface area (Å²) in [6, 6.07) is 7.49. The van der Waals surface area contributed by atoms with Gasteiger partial charge in [0.05, 0.1) is 24.1 Å². The lowest BCUT2D eigenvalue weighted by Crippen LogP contribution is -2.53. The number of ether oxygens (including phenoxy) is 1. The fourth-order valence-corrected chi connectivity index (χ4v) is 4.34. The molecule has 2 N–H and O–H groups in total. The normalized spacial score (nSPS) is 21.3. The number of rotatable bonds is 6. The fraction of sp³-hybridized carbons (Fsp3) is 0.522. The van der Waals surface area contributed by atoms with Crippen molar-refractivity contribution in [3.05, 3.63) is 52.6 Å². The van der Waals surface area contributed by atoms with Gasteiger partial charge >= 0.3 is 0 Å². The topological polar surface area (TPSA) is 90.6 Å². The first-order valence-electron chi connectivity index (χ1n) is 11.0. The Labute approximate surface area is 182 Å². The van der Waals surface area contributed by atoms with Crippen LogP contribution in [0.25, 0.3) is 10.9 Å². The third-order valence-electron chi connectivity index (χ3n) is 5.91. The van der Waals surface area contributed by atoms with Gasteiger partial charge < -0.3 is 15.0 Å². The van der Waals surface area contributed by atoms with E-state index in [4.69, 9.17) is 4.74 Å². The van der Waals surface area contributed by atoms with E-state index in [1.165, 1.54) is 5.57 Å². The molecule has 0 saturated carbocycles. The van der Waals surface area contributed by atoms with Crippen molar-refractivity contribution in [1.82, 2.24) is 25.1 Å². The number of aromatic amines is 1. The second kappa shape index (κ2) is 9.72. The predicted octanol–water partition coefficient (Wildman–Crippen LogP) is 1.28. The van der Waals surface area contributed by atoms with Crippen LogP contribution >= 0.6 is 0 Å². The summed E-state index contributed by atoms with van der Waals surface area (Å²) < 4.78 is 5.75. The number of hydrogen-bond acceptors (Lipinski definition) is 6. The second-order valence-corrected chi connectivity index (χ2v) is 8.64. The standard InChI is InChI=1S/C23H31N5O3/c1-16(2)13-27-9-7-17(8-10-27)24-23(30)20-14-28(11-12-31-20)15-21-25-19-6-4-3-5-18(19)22(29)26-21/h3-6,17,20H,1,7-15H2,2H3,(H,24,30)(H,25,26,29). The van der Waals surface area contributed by atoms with E-state index in [0.717, 1.165) is 32.5 Å². The van der Waals surface area contributed by atoms with E-state index in [0.29, 0.717) is 43.0 Å². The van der Waals surface area contributed by atoms with E-state index >= 15 is 0 Å². The lowest BCUT2D eigenvalue weighted by atomic mass is 10.0. The predicted molar refractivity (Wildman–Crippen MR) is 120 cm³/mol. The first-order valence-corrected chi connectivity index (χ1v) is 11.0. The molecule has 8 nitrogen and oxygen atoms in total. The number of morpholine rings is 1. The molecule has 2 saturated heterocycles. The van der Waals surface area contributed by atoms with Crippen molar-refractivity contribution in [2.24, 2.45) is 0 Å². The van der Waals surface area contributed by atoms with Crippen LogP contribution in [0.2, 0.25) is 0 Å². The smallest absolute Gasteiger partial charge is 0.258 e. The van der Waals surface area contributed by atoms with E-state index in [2.05, 4.69) is 31.7 Å². The number of aromatic nitrogens is 2. The molecule has 8 heteroatoms. The van der Waals surface area contributed by atoms with E-state index in [9.17, 15) is 9.59 Å². The number of benzene rings is 1. The van der Waals surface area contributed by atoms with Crippen molar-refractivity contribution in [2.45, 2.75) is 38.5 Å². The minimum absolute atomic E-state index is 0.0528. The summed E-state index contributed by atoms with van der Waals surface area (Å²) in [5.74, 6) is 0.553. The molecule has 2 aliphatic heterocycles. The molecule has 2 aromatic rings. The number of fused-ring (bicyclic) bond motifs is 1. The van der Waals surface area contributed by atoms with E-state index in [1.54, 1.807) is 6.07 Å². The van der Waals surface area contributed by atoms with E-state index < -0.39 is 6.10 Å². The number of para-hydroxylation sites is 1. The van der Waals surface area contributed by atoms with Crippen molar-refractivity contribution in [3.63, 3.8) is 0 Å². The van der Waals surface area contributed by atoms with Crippen molar-refractivity contribution in [3.8, 4) is 0 Å². The van der Waals surface area contributed by atoms with Gasteiger partial charge in [0.15, 0.2) is 0 Å². The van der Waals surface area contributed by atoms with Gasteiger partial charge in [0.2, 0.25) is 0 Å². The van der Waals surface area contributed by atoms with Crippen molar-refractivity contribution in [2.75, 3.05) is 39.3 Å². The molecule has 2 fully saturated rings. The maximum atomic E-state index is 12.8. The number of H-pyrrole nitrogens is 1. The summed E-state index contributed by atoms with van der Waals surface area (Å²) in [5, 5.41) is 3.75. The Kier molecular flexibility index (Phi) is 6.80. The van der Waals surface area contributed by atoms with Crippen LogP contribution in [0.5, 0.6) is 0 Å². The average Bonchev–Trinajstić information content (AvgIpc) is 2.75. The van der Waals surface area contributed by atoms with E-state index in [-0.39, 0.29) is 17.5 Å². The largest absolute Gasteiger partial charge is 0.366 e. The summed E-state index contributed by atoms with van der Waals surface area (Å²) in [5.41, 5.74) is 1.71. The van der Waals surface area contributed by atoms with Gasteiger partial charge in [-0.3, -0.25) is 19.4 Å². The molecular formula is C23H31N5O3. The van der Waals surface area contributed by atoms with Gasteiger partial charge in [0, 0.05) is 38.8 Å². The maximum Gasteiger partial charge on any atom is 0.258 e. The molecule has 0 radical (unpaired) electrons. The molecule has 0 spiro atoms. The number of piperidine rings is 1. The highest BCUT2D eigenvalue weighted by Gasteiger charge is 2.29. The zero-order chi connectivity index (χ0) is 21.8. The van der Waals surface area contributed by atoms with Crippen LogP contribution in [0, 0.1) is 0 Å². The van der Waals surface area contributed by atoms with Gasteiger partial charge in [-0.05, 0) is 31.9 Å². The first kappa shape index (κ1) is 21.7. The Balaban J connectivity index is 1.31. The number of amides is 1. The molecule has 1 aromatic carbocycles. The monoisotopic (exact) mass is 425 g/mol. The van der Waals surface area contributed by atoms with Crippen LogP contribution in [-0.2, 0) is 16.1 Å². The van der Waals surface area contributed by atoms with Crippen LogP contribution in [0.3, 0.4) is 0 Å². The van der Waals surface area contributed by atoms with Crippen LogP contribution < -0.4 is 10.9 Å². The van der Waals surface area contributed by atoms with Gasteiger partial charge in [-0.25, -0.2) is 4.98 Å². The Hall–Kier alpha value is -2.55. The number of carbonyl (C=O) groups excluding carboxylic acids is 1. The molecule has 31 heavy (non-hydrogen) atoms. The molecule has 1 unspecified atom stereocenters. The zero-order valence-electron chi connectivity index (χ0n) is 18.1. The van der Waals surface area contributed by atoms with Crippen LogP contribution in [0.1, 0.15) is 25.6 Å². The highest BCUT2D eigenvalue weighted by Crippen LogP contribution is 2.14. The quantitative estimate of drug-likeness (QED) is 0.678. The van der Waals surface area contributed by atoms with Crippen molar-refractivity contribution in [1.29, 1.82) is 0 Å². The Morgan fingerprint density at radius 3 is 2.81 bits per heavy atom. The van der Waals surface area contributed by atoms with Crippen LogP contribution in [-0.4, -0.2) is 77.2 Å². The average molecular weight is 426 g/mol. The highest BCUT2D eigenvalue weighted by atomic mass is 16.5. The minimum atomic E-state index is -0.505. The molecule has 4 rings (SSSR count). The summed E-state index contributed by atoms with van der Waals surface area (Å²) in [4.78, 5) is 37.0. The lowest BCUT2D eigenvalue weighted by molar-refractivity contribution is -0.139. The van der Waals surface area contributed by atoms with Crippen molar-refractivity contribution >= 4 is 16.8 Å². The number of likely N-dealkylation sites (tertiary alicyclic amines) is 1. The lowest BCUT2D eigenvalue weighted by Gasteiger charge is -2.35. The van der Waals surface area contributed by atoms with Gasteiger partial charge in [0.25, 0.3) is 11.5 Å². The van der Waals surface area contributed by atoms with Gasteiger partial charge in [-0.15, -0.1) is 0 Å². The molecule has 0 bridgehead atoms. The molecule has 166 valence electrons.